The molecule has 2 spiro atoms. The molecule has 0 bridgehead atoms. The Hall–Kier alpha value is -1.84. The number of carbonyl (C=O) groups is 2. The van der Waals surface area contributed by atoms with Crippen LogP contribution in [0.4, 0.5) is 0 Å². The standard InChI is InChI=1S/C23H30O4/c1-14-10-15(2)16-12-23(17(16)11-14)19(26-18(24)13-21(3,4)5)22(27-20(23)25)8-6-7-9-22/h10-11,19H,6-9,12-13H2,1-5H3. The van der Waals surface area contributed by atoms with E-state index in [1.165, 1.54) is 11.1 Å². The van der Waals surface area contributed by atoms with E-state index >= 15 is 0 Å². The van der Waals surface area contributed by atoms with Gasteiger partial charge in [0.05, 0.1) is 6.42 Å². The highest BCUT2D eigenvalue weighted by Gasteiger charge is 2.71. The molecule has 4 heteroatoms. The van der Waals surface area contributed by atoms with Gasteiger partial charge in [-0.2, -0.15) is 0 Å². The van der Waals surface area contributed by atoms with Crippen molar-refractivity contribution in [1.82, 2.24) is 0 Å². The van der Waals surface area contributed by atoms with Gasteiger partial charge in [-0.1, -0.05) is 38.5 Å². The fraction of sp³-hybridized carbons (Fsp3) is 0.652. The summed E-state index contributed by atoms with van der Waals surface area (Å²) in [5.41, 5.74) is 2.96. The monoisotopic (exact) mass is 370 g/mol. The number of hydrogen-bond donors (Lipinski definition) is 0. The number of rotatable bonds is 2. The van der Waals surface area contributed by atoms with Crippen molar-refractivity contribution in [3.63, 3.8) is 0 Å². The van der Waals surface area contributed by atoms with Gasteiger partial charge in [-0.3, -0.25) is 9.59 Å². The van der Waals surface area contributed by atoms with Crippen LogP contribution in [0.2, 0.25) is 0 Å². The van der Waals surface area contributed by atoms with E-state index in [2.05, 4.69) is 19.1 Å². The fourth-order valence-electron chi connectivity index (χ4n) is 5.35. The summed E-state index contributed by atoms with van der Waals surface area (Å²) in [6.07, 6.45) is 4.03. The van der Waals surface area contributed by atoms with E-state index in [9.17, 15) is 9.59 Å². The Morgan fingerprint density at radius 3 is 2.52 bits per heavy atom. The molecule has 27 heavy (non-hydrogen) atoms. The van der Waals surface area contributed by atoms with Crippen molar-refractivity contribution in [1.29, 1.82) is 0 Å². The number of fused-ring (bicyclic) bond motifs is 2. The van der Waals surface area contributed by atoms with Crippen LogP contribution in [0.5, 0.6) is 0 Å². The molecule has 146 valence electrons. The number of esters is 2. The highest BCUT2D eigenvalue weighted by atomic mass is 16.6. The molecule has 1 saturated heterocycles. The molecule has 1 aromatic rings. The molecule has 1 aliphatic heterocycles. The van der Waals surface area contributed by atoms with Crippen molar-refractivity contribution >= 4 is 11.9 Å². The third kappa shape index (κ3) is 2.71. The maximum absolute atomic E-state index is 13.2. The van der Waals surface area contributed by atoms with Crippen LogP contribution in [0.1, 0.15) is 75.1 Å². The summed E-state index contributed by atoms with van der Waals surface area (Å²) in [5.74, 6) is -0.426. The summed E-state index contributed by atoms with van der Waals surface area (Å²) in [6.45, 7) is 10.2. The van der Waals surface area contributed by atoms with Crippen LogP contribution in [0.3, 0.4) is 0 Å². The van der Waals surface area contributed by atoms with Gasteiger partial charge in [-0.25, -0.2) is 0 Å². The Morgan fingerprint density at radius 1 is 1.22 bits per heavy atom. The van der Waals surface area contributed by atoms with Gasteiger partial charge in [-0.05, 0) is 68.1 Å². The van der Waals surface area contributed by atoms with E-state index in [0.717, 1.165) is 36.8 Å². The summed E-state index contributed by atoms with van der Waals surface area (Å²) in [4.78, 5) is 25.9. The predicted molar refractivity (Wildman–Crippen MR) is 103 cm³/mol. The van der Waals surface area contributed by atoms with Crippen LogP contribution in [0.15, 0.2) is 12.1 Å². The van der Waals surface area contributed by atoms with Crippen LogP contribution in [-0.2, 0) is 30.9 Å². The van der Waals surface area contributed by atoms with Crippen molar-refractivity contribution in [3.05, 3.63) is 34.4 Å². The van der Waals surface area contributed by atoms with E-state index in [4.69, 9.17) is 9.47 Å². The maximum atomic E-state index is 13.2. The molecule has 2 aliphatic carbocycles. The highest BCUT2D eigenvalue weighted by molar-refractivity contribution is 5.92. The quantitative estimate of drug-likeness (QED) is 0.728. The summed E-state index contributed by atoms with van der Waals surface area (Å²) in [5, 5.41) is 0. The van der Waals surface area contributed by atoms with E-state index in [0.29, 0.717) is 12.8 Å². The van der Waals surface area contributed by atoms with Crippen molar-refractivity contribution < 1.29 is 19.1 Å². The summed E-state index contributed by atoms with van der Waals surface area (Å²) < 4.78 is 12.1. The lowest BCUT2D eigenvalue weighted by atomic mass is 9.58. The summed E-state index contributed by atoms with van der Waals surface area (Å²) >= 11 is 0. The van der Waals surface area contributed by atoms with Gasteiger partial charge in [0.25, 0.3) is 0 Å². The van der Waals surface area contributed by atoms with E-state index in [-0.39, 0.29) is 17.4 Å². The normalized spacial score (nSPS) is 28.2. The van der Waals surface area contributed by atoms with Crippen molar-refractivity contribution in [2.75, 3.05) is 0 Å². The Kier molecular flexibility index (Phi) is 4.00. The lowest BCUT2D eigenvalue weighted by Crippen LogP contribution is -2.56. The van der Waals surface area contributed by atoms with Gasteiger partial charge in [0.15, 0.2) is 11.7 Å². The highest BCUT2D eigenvalue weighted by Crippen LogP contribution is 2.58. The molecular weight excluding hydrogens is 340 g/mol. The van der Waals surface area contributed by atoms with Crippen LogP contribution < -0.4 is 0 Å². The Balaban J connectivity index is 1.76. The smallest absolute Gasteiger partial charge is 0.321 e. The Labute approximate surface area is 161 Å². The summed E-state index contributed by atoms with van der Waals surface area (Å²) in [6, 6.07) is 4.24. The van der Waals surface area contributed by atoms with Gasteiger partial charge in [0, 0.05) is 0 Å². The number of ether oxygens (including phenoxy) is 2. The van der Waals surface area contributed by atoms with E-state index in [1.54, 1.807) is 0 Å². The first-order valence-electron chi connectivity index (χ1n) is 10.1. The molecule has 2 fully saturated rings. The minimum absolute atomic E-state index is 0.152. The molecule has 2 atom stereocenters. The zero-order valence-corrected chi connectivity index (χ0v) is 17.1. The minimum atomic E-state index is -0.815. The van der Waals surface area contributed by atoms with Crippen LogP contribution in [0.25, 0.3) is 0 Å². The molecule has 1 heterocycles. The third-order valence-corrected chi connectivity index (χ3v) is 6.51. The van der Waals surface area contributed by atoms with E-state index in [1.807, 2.05) is 27.7 Å². The molecule has 0 N–H and O–H groups in total. The zero-order chi connectivity index (χ0) is 19.6. The lowest BCUT2D eigenvalue weighted by Gasteiger charge is -2.44. The molecular formula is C23H30O4. The van der Waals surface area contributed by atoms with Crippen LogP contribution >= 0.6 is 0 Å². The molecule has 0 amide bonds. The maximum Gasteiger partial charge on any atom is 0.321 e. The lowest BCUT2D eigenvalue weighted by molar-refractivity contribution is -0.166. The van der Waals surface area contributed by atoms with Crippen LogP contribution in [0, 0.1) is 19.3 Å². The molecule has 1 aromatic carbocycles. The average molecular weight is 370 g/mol. The number of benzene rings is 1. The largest absolute Gasteiger partial charge is 0.456 e. The SMILES string of the molecule is Cc1cc(C)c2c(c1)C1(C2)C(=O)OC2(CCCC2)C1OC(=O)CC(C)(C)C. The zero-order valence-electron chi connectivity index (χ0n) is 17.1. The molecule has 4 nitrogen and oxygen atoms in total. The third-order valence-electron chi connectivity index (χ3n) is 6.51. The van der Waals surface area contributed by atoms with Gasteiger partial charge >= 0.3 is 11.9 Å². The molecule has 2 unspecified atom stereocenters. The first-order chi connectivity index (χ1) is 12.6. The van der Waals surface area contributed by atoms with Gasteiger partial charge < -0.3 is 9.47 Å². The van der Waals surface area contributed by atoms with Crippen molar-refractivity contribution in [2.45, 2.75) is 90.3 Å². The Bertz CT molecular complexity index is 810. The first kappa shape index (κ1) is 18.5. The molecule has 3 aliphatic rings. The second-order valence-electron chi connectivity index (χ2n) is 10.0. The fourth-order valence-corrected chi connectivity index (χ4v) is 5.35. The van der Waals surface area contributed by atoms with Gasteiger partial charge in [0.2, 0.25) is 0 Å². The van der Waals surface area contributed by atoms with Gasteiger partial charge in [-0.15, -0.1) is 0 Å². The summed E-state index contributed by atoms with van der Waals surface area (Å²) in [7, 11) is 0. The Morgan fingerprint density at radius 2 is 1.89 bits per heavy atom. The van der Waals surface area contributed by atoms with Crippen molar-refractivity contribution in [3.8, 4) is 0 Å². The van der Waals surface area contributed by atoms with Gasteiger partial charge in [0.1, 0.15) is 5.41 Å². The number of hydrogen-bond acceptors (Lipinski definition) is 4. The molecule has 1 saturated carbocycles. The molecule has 0 radical (unpaired) electrons. The second-order valence-corrected chi connectivity index (χ2v) is 10.0. The topological polar surface area (TPSA) is 52.6 Å². The van der Waals surface area contributed by atoms with Crippen LogP contribution in [-0.4, -0.2) is 23.6 Å². The predicted octanol–water partition coefficient (Wildman–Crippen LogP) is 4.31. The van der Waals surface area contributed by atoms with E-state index < -0.39 is 17.1 Å². The minimum Gasteiger partial charge on any atom is -0.456 e. The molecule has 4 rings (SSSR count). The number of carbonyl (C=O) groups excluding carboxylic acids is 2. The average Bonchev–Trinajstić information content (AvgIpc) is 3.06. The first-order valence-corrected chi connectivity index (χ1v) is 10.1. The van der Waals surface area contributed by atoms with Crippen molar-refractivity contribution in [2.24, 2.45) is 5.41 Å². The number of aryl methyl sites for hydroxylation is 2. The molecule has 0 aromatic heterocycles. The second kappa shape index (κ2) is 5.83.